The van der Waals surface area contributed by atoms with Crippen molar-refractivity contribution >= 4 is 46.6 Å². The van der Waals surface area contributed by atoms with E-state index in [2.05, 4.69) is 35.6 Å². The largest absolute Gasteiger partial charge is 0.462 e. The zero-order valence-electron chi connectivity index (χ0n) is 31.3. The highest BCUT2D eigenvalue weighted by Crippen LogP contribution is 2.32. The van der Waals surface area contributed by atoms with E-state index in [-0.39, 0.29) is 73.5 Å². The minimum absolute atomic E-state index is 0.0111. The van der Waals surface area contributed by atoms with Gasteiger partial charge in [-0.15, -0.1) is 0 Å². The van der Waals surface area contributed by atoms with Gasteiger partial charge in [0.1, 0.15) is 31.8 Å². The van der Waals surface area contributed by atoms with E-state index in [1.54, 1.807) is 15.7 Å². The van der Waals surface area contributed by atoms with E-state index in [1.807, 2.05) is 33.0 Å². The van der Waals surface area contributed by atoms with Crippen molar-refractivity contribution in [3.8, 4) is 6.07 Å². The van der Waals surface area contributed by atoms with Crippen LogP contribution in [0.4, 0.5) is 5.82 Å². The molecule has 0 saturated carbocycles. The first-order valence-corrected chi connectivity index (χ1v) is 17.9. The SMILES string of the molecule is CCC(CC(C)CC(C)C(=O)n1ccc2c(N(C)[C@H]3CN(C(=O)CC#N)CC[C@H]3C)ncnc21)C(C)CC(=O)OC(COC(C)=O)COC(C)=O. The van der Waals surface area contributed by atoms with Crippen molar-refractivity contribution in [2.24, 2.45) is 29.6 Å². The van der Waals surface area contributed by atoms with E-state index in [9.17, 15) is 24.0 Å². The molecule has 1 fully saturated rings. The highest BCUT2D eigenvalue weighted by Gasteiger charge is 2.33. The molecule has 1 amide bonds. The molecule has 1 aliphatic rings. The first-order chi connectivity index (χ1) is 24.2. The van der Waals surface area contributed by atoms with Crippen molar-refractivity contribution in [2.75, 3.05) is 38.3 Å². The number of likely N-dealkylation sites (N-methyl/N-ethyl adjacent to an activating group) is 1. The van der Waals surface area contributed by atoms with Gasteiger partial charge in [0.25, 0.3) is 0 Å². The predicted octanol–water partition coefficient (Wildman–Crippen LogP) is 4.80. The minimum atomic E-state index is -0.887. The Morgan fingerprint density at radius 3 is 2.33 bits per heavy atom. The molecular formula is C37H54N6O8. The van der Waals surface area contributed by atoms with Gasteiger partial charge in [-0.05, 0) is 49.0 Å². The number of hydrogen-bond donors (Lipinski definition) is 0. The summed E-state index contributed by atoms with van der Waals surface area (Å²) in [6.07, 6.45) is 5.43. The van der Waals surface area contributed by atoms with Gasteiger partial charge >= 0.3 is 17.9 Å². The Kier molecular flexibility index (Phi) is 15.4. The van der Waals surface area contributed by atoms with Gasteiger partial charge in [0.05, 0.1) is 17.5 Å². The van der Waals surface area contributed by atoms with E-state index < -0.39 is 24.0 Å². The second-order valence-corrected chi connectivity index (χ2v) is 14.1. The number of hydrogen-bond acceptors (Lipinski definition) is 12. The number of rotatable bonds is 17. The van der Waals surface area contributed by atoms with Gasteiger partial charge in [-0.2, -0.15) is 5.26 Å². The molecule has 1 aliphatic heterocycles. The van der Waals surface area contributed by atoms with Gasteiger partial charge in [-0.25, -0.2) is 9.97 Å². The molecule has 3 heterocycles. The second-order valence-electron chi connectivity index (χ2n) is 14.1. The number of esters is 3. The van der Waals surface area contributed by atoms with Crippen molar-refractivity contribution in [2.45, 2.75) is 99.1 Å². The smallest absolute Gasteiger partial charge is 0.306 e. The summed E-state index contributed by atoms with van der Waals surface area (Å²) in [6.45, 7) is 13.5. The zero-order valence-corrected chi connectivity index (χ0v) is 31.3. The van der Waals surface area contributed by atoms with Crippen molar-refractivity contribution in [1.82, 2.24) is 19.4 Å². The molecule has 4 unspecified atom stereocenters. The Bertz CT molecular complexity index is 1550. The highest BCUT2D eigenvalue weighted by atomic mass is 16.6. The van der Waals surface area contributed by atoms with E-state index in [1.165, 1.54) is 20.2 Å². The van der Waals surface area contributed by atoms with Crippen molar-refractivity contribution in [3.05, 3.63) is 18.6 Å². The summed E-state index contributed by atoms with van der Waals surface area (Å²) in [7, 11) is 1.94. The maximum Gasteiger partial charge on any atom is 0.306 e. The first-order valence-electron chi connectivity index (χ1n) is 17.9. The molecule has 0 bridgehead atoms. The van der Waals surface area contributed by atoms with Gasteiger partial charge in [-0.1, -0.05) is 41.0 Å². The summed E-state index contributed by atoms with van der Waals surface area (Å²) in [5.74, 6) is -0.718. The lowest BCUT2D eigenvalue weighted by Gasteiger charge is -2.42. The molecule has 2 aromatic heterocycles. The lowest BCUT2D eigenvalue weighted by molar-refractivity contribution is -0.166. The topological polar surface area (TPSA) is 174 Å². The third kappa shape index (κ3) is 11.5. The average Bonchev–Trinajstić information content (AvgIpc) is 3.52. The van der Waals surface area contributed by atoms with Crippen LogP contribution < -0.4 is 4.90 Å². The van der Waals surface area contributed by atoms with Gasteiger partial charge < -0.3 is 24.0 Å². The van der Waals surface area contributed by atoms with Crippen LogP contribution in [0.1, 0.15) is 91.8 Å². The van der Waals surface area contributed by atoms with Crippen LogP contribution in [0.15, 0.2) is 18.6 Å². The second kappa shape index (κ2) is 19.2. The highest BCUT2D eigenvalue weighted by molar-refractivity contribution is 5.96. The van der Waals surface area contributed by atoms with Crippen molar-refractivity contribution in [1.29, 1.82) is 5.26 Å². The lowest BCUT2D eigenvalue weighted by atomic mass is 9.80. The van der Waals surface area contributed by atoms with Crippen LogP contribution in [0.5, 0.6) is 0 Å². The maximum absolute atomic E-state index is 13.8. The van der Waals surface area contributed by atoms with E-state index >= 15 is 0 Å². The molecule has 280 valence electrons. The summed E-state index contributed by atoms with van der Waals surface area (Å²) in [6, 6.07) is 3.79. The molecule has 0 spiro atoms. The Hall–Kier alpha value is -4.54. The molecule has 51 heavy (non-hydrogen) atoms. The molecule has 1 saturated heterocycles. The number of carbonyl (C=O) groups excluding carboxylic acids is 5. The van der Waals surface area contributed by atoms with Crippen LogP contribution in [0.3, 0.4) is 0 Å². The number of fused-ring (bicyclic) bond motifs is 1. The van der Waals surface area contributed by atoms with Crippen LogP contribution in [0, 0.1) is 40.9 Å². The van der Waals surface area contributed by atoms with Crippen LogP contribution in [0.25, 0.3) is 11.0 Å². The fourth-order valence-corrected chi connectivity index (χ4v) is 7.07. The van der Waals surface area contributed by atoms with Gasteiger partial charge in [0.15, 0.2) is 11.8 Å². The normalized spacial score (nSPS) is 18.3. The number of amides is 1. The minimum Gasteiger partial charge on any atom is -0.462 e. The zero-order chi connectivity index (χ0) is 37.8. The summed E-state index contributed by atoms with van der Waals surface area (Å²) in [5, 5.41) is 9.76. The monoisotopic (exact) mass is 710 g/mol. The lowest BCUT2D eigenvalue weighted by Crippen LogP contribution is -2.52. The van der Waals surface area contributed by atoms with E-state index in [0.717, 1.165) is 24.6 Å². The molecule has 14 nitrogen and oxygen atoms in total. The first kappa shape index (κ1) is 40.9. The van der Waals surface area contributed by atoms with Gasteiger partial charge in [0.2, 0.25) is 11.8 Å². The van der Waals surface area contributed by atoms with E-state index in [0.29, 0.717) is 31.0 Å². The number of nitriles is 1. The Balaban J connectivity index is 1.63. The molecule has 0 N–H and O–H groups in total. The third-order valence-electron chi connectivity index (χ3n) is 9.97. The summed E-state index contributed by atoms with van der Waals surface area (Å²) < 4.78 is 17.0. The Morgan fingerprint density at radius 1 is 1.06 bits per heavy atom. The molecule has 0 aromatic carbocycles. The maximum atomic E-state index is 13.8. The van der Waals surface area contributed by atoms with E-state index in [4.69, 9.17) is 19.5 Å². The molecule has 3 rings (SSSR count). The standard InChI is InChI=1S/C37H54N6O8/c1-9-29(25(4)18-34(47)51-30(20-49-27(6)44)21-50-28(7)45)17-23(2)16-26(5)37(48)43-15-12-31-35(39-22-40-36(31)43)41(8)32-19-42(14-11-24(32)3)33(46)10-13-38/h12,15,22-26,29-30,32H,9-11,14,16-21H2,1-8H3/t23?,24-,25?,26?,29?,32+/m1/s1. The molecule has 6 atom stereocenters. The Morgan fingerprint density at radius 2 is 1.73 bits per heavy atom. The average molecular weight is 711 g/mol. The number of piperidine rings is 1. The number of nitrogens with zero attached hydrogens (tertiary/aromatic N) is 6. The van der Waals surface area contributed by atoms with Crippen molar-refractivity contribution in [3.63, 3.8) is 0 Å². The molecular weight excluding hydrogens is 656 g/mol. The fourth-order valence-electron chi connectivity index (χ4n) is 7.07. The quantitative estimate of drug-likeness (QED) is 0.162. The van der Waals surface area contributed by atoms with Crippen LogP contribution in [0.2, 0.25) is 0 Å². The molecule has 0 aliphatic carbocycles. The Labute approximate surface area is 300 Å². The molecule has 14 heteroatoms. The molecule has 2 aromatic rings. The van der Waals surface area contributed by atoms with Crippen LogP contribution in [-0.2, 0) is 33.4 Å². The summed E-state index contributed by atoms with van der Waals surface area (Å²) in [5.41, 5.74) is 0.525. The number of likely N-dealkylation sites (tertiary alicyclic amines) is 1. The summed E-state index contributed by atoms with van der Waals surface area (Å²) in [4.78, 5) is 74.4. The summed E-state index contributed by atoms with van der Waals surface area (Å²) >= 11 is 0. The number of ether oxygens (including phenoxy) is 3. The number of anilines is 1. The van der Waals surface area contributed by atoms with Crippen molar-refractivity contribution < 1.29 is 38.2 Å². The van der Waals surface area contributed by atoms with Gasteiger partial charge in [-0.3, -0.25) is 28.5 Å². The molecule has 0 radical (unpaired) electrons. The van der Waals surface area contributed by atoms with Gasteiger partial charge in [0, 0.05) is 52.5 Å². The number of aromatic nitrogens is 3. The van der Waals surface area contributed by atoms with Crippen LogP contribution in [-0.4, -0.2) is 94.7 Å². The number of carbonyl (C=O) groups is 5. The predicted molar refractivity (Wildman–Crippen MR) is 189 cm³/mol. The fraction of sp³-hybridized carbons (Fsp3) is 0.676. The van der Waals surface area contributed by atoms with Crippen LogP contribution >= 0.6 is 0 Å². The third-order valence-corrected chi connectivity index (χ3v) is 9.97.